The van der Waals surface area contributed by atoms with Crippen molar-refractivity contribution in [2.24, 2.45) is 0 Å². The summed E-state index contributed by atoms with van der Waals surface area (Å²) in [7, 11) is 0. The monoisotopic (exact) mass is 339 g/mol. The van der Waals surface area contributed by atoms with Gasteiger partial charge in [0.1, 0.15) is 0 Å². The molecule has 2 aromatic carbocycles. The highest BCUT2D eigenvalue weighted by Gasteiger charge is 2.16. The summed E-state index contributed by atoms with van der Waals surface area (Å²) in [5.41, 5.74) is 1.10. The second-order valence-electron chi connectivity index (χ2n) is 4.26. The molecule has 0 saturated carbocycles. The predicted octanol–water partition coefficient (Wildman–Crippen LogP) is 4.67. The summed E-state index contributed by atoms with van der Waals surface area (Å²) >= 11 is 3.42. The van der Waals surface area contributed by atoms with Gasteiger partial charge in [0.25, 0.3) is 5.91 Å². The van der Waals surface area contributed by atoms with Gasteiger partial charge in [-0.3, -0.25) is 4.79 Å². The predicted molar refractivity (Wildman–Crippen MR) is 78.1 cm³/mol. The number of benzene rings is 2. The topological polar surface area (TPSA) is 29.1 Å². The molecule has 0 heterocycles. The van der Waals surface area contributed by atoms with Crippen LogP contribution in [0, 0.1) is 11.6 Å². The van der Waals surface area contributed by atoms with Crippen molar-refractivity contribution in [3.05, 3.63) is 65.2 Å². The molecule has 1 N–H and O–H groups in total. The van der Waals surface area contributed by atoms with Gasteiger partial charge in [-0.1, -0.05) is 40.2 Å². The first-order valence-corrected chi connectivity index (χ1v) is 6.90. The third kappa shape index (κ3) is 3.04. The van der Waals surface area contributed by atoms with E-state index < -0.39 is 17.5 Å². The molecule has 20 heavy (non-hydrogen) atoms. The van der Waals surface area contributed by atoms with E-state index >= 15 is 0 Å². The lowest BCUT2D eigenvalue weighted by molar-refractivity contribution is 0.102. The number of hydrogen-bond donors (Lipinski definition) is 1. The maximum absolute atomic E-state index is 13.6. The molecule has 1 amide bonds. The molecular formula is C15H12BrF2NO. The van der Waals surface area contributed by atoms with E-state index in [1.54, 1.807) is 12.1 Å². The Hall–Kier alpha value is -1.75. The molecule has 1 unspecified atom stereocenters. The third-order valence-electron chi connectivity index (χ3n) is 2.83. The summed E-state index contributed by atoms with van der Waals surface area (Å²) in [5.74, 6) is -2.86. The smallest absolute Gasteiger partial charge is 0.258 e. The summed E-state index contributed by atoms with van der Waals surface area (Å²) in [6.45, 7) is 1.91. The zero-order chi connectivity index (χ0) is 14.7. The van der Waals surface area contributed by atoms with Crippen molar-refractivity contribution in [3.63, 3.8) is 0 Å². The SMILES string of the molecule is CC(Br)c1ccccc1NC(=O)c1cccc(F)c1F. The molecule has 0 fully saturated rings. The van der Waals surface area contributed by atoms with Crippen LogP contribution in [-0.4, -0.2) is 5.91 Å². The van der Waals surface area contributed by atoms with Gasteiger partial charge in [-0.25, -0.2) is 8.78 Å². The molecule has 2 nitrogen and oxygen atoms in total. The summed E-state index contributed by atoms with van der Waals surface area (Å²) in [4.78, 5) is 12.1. The van der Waals surface area contributed by atoms with Gasteiger partial charge in [0.2, 0.25) is 0 Å². The van der Waals surface area contributed by atoms with E-state index in [1.807, 2.05) is 19.1 Å². The number of nitrogens with one attached hydrogen (secondary N) is 1. The second kappa shape index (κ2) is 6.13. The maximum Gasteiger partial charge on any atom is 0.258 e. The lowest BCUT2D eigenvalue weighted by Crippen LogP contribution is -2.15. The molecular weight excluding hydrogens is 328 g/mol. The fourth-order valence-electron chi connectivity index (χ4n) is 1.83. The van der Waals surface area contributed by atoms with Crippen LogP contribution < -0.4 is 5.32 Å². The van der Waals surface area contributed by atoms with Crippen molar-refractivity contribution < 1.29 is 13.6 Å². The van der Waals surface area contributed by atoms with E-state index in [4.69, 9.17) is 0 Å². The molecule has 1 atom stereocenters. The van der Waals surface area contributed by atoms with Gasteiger partial charge in [0.15, 0.2) is 11.6 Å². The largest absolute Gasteiger partial charge is 0.322 e. The highest BCUT2D eigenvalue weighted by Crippen LogP contribution is 2.29. The fourth-order valence-corrected chi connectivity index (χ4v) is 2.23. The molecule has 0 aliphatic rings. The Bertz CT molecular complexity index is 644. The summed E-state index contributed by atoms with van der Waals surface area (Å²) in [6.07, 6.45) is 0. The van der Waals surface area contributed by atoms with Crippen molar-refractivity contribution >= 4 is 27.5 Å². The van der Waals surface area contributed by atoms with E-state index in [0.717, 1.165) is 11.6 Å². The standard InChI is InChI=1S/C15H12BrF2NO/c1-9(16)10-5-2-3-8-13(10)19-15(20)11-6-4-7-12(17)14(11)18/h2-9H,1H3,(H,19,20). The number of anilines is 1. The molecule has 2 rings (SSSR count). The fraction of sp³-hybridized carbons (Fsp3) is 0.133. The van der Waals surface area contributed by atoms with E-state index in [-0.39, 0.29) is 10.4 Å². The van der Waals surface area contributed by atoms with Crippen molar-refractivity contribution in [3.8, 4) is 0 Å². The number of carbonyl (C=O) groups is 1. The lowest BCUT2D eigenvalue weighted by Gasteiger charge is -2.13. The Morgan fingerprint density at radius 1 is 1.15 bits per heavy atom. The van der Waals surface area contributed by atoms with Crippen LogP contribution in [0.5, 0.6) is 0 Å². The van der Waals surface area contributed by atoms with Gasteiger partial charge in [0.05, 0.1) is 5.56 Å². The summed E-state index contributed by atoms with van der Waals surface area (Å²) in [6, 6.07) is 10.7. The number of para-hydroxylation sites is 1. The molecule has 0 radical (unpaired) electrons. The zero-order valence-corrected chi connectivity index (χ0v) is 12.2. The van der Waals surface area contributed by atoms with Gasteiger partial charge in [0, 0.05) is 10.5 Å². The van der Waals surface area contributed by atoms with Crippen LogP contribution in [0.1, 0.15) is 27.7 Å². The maximum atomic E-state index is 13.6. The molecule has 0 aliphatic carbocycles. The van der Waals surface area contributed by atoms with E-state index in [0.29, 0.717) is 5.69 Å². The molecule has 0 spiro atoms. The minimum Gasteiger partial charge on any atom is -0.322 e. The van der Waals surface area contributed by atoms with Crippen molar-refractivity contribution in [1.82, 2.24) is 0 Å². The van der Waals surface area contributed by atoms with Crippen LogP contribution in [0.3, 0.4) is 0 Å². The van der Waals surface area contributed by atoms with Crippen LogP contribution in [-0.2, 0) is 0 Å². The third-order valence-corrected chi connectivity index (χ3v) is 3.33. The Labute approximate surface area is 123 Å². The molecule has 2 aromatic rings. The molecule has 0 bridgehead atoms. The number of carbonyl (C=O) groups excluding carboxylic acids is 1. The average molecular weight is 340 g/mol. The summed E-state index contributed by atoms with van der Waals surface area (Å²) in [5, 5.41) is 2.60. The lowest BCUT2D eigenvalue weighted by atomic mass is 10.1. The van der Waals surface area contributed by atoms with Gasteiger partial charge in [-0.05, 0) is 30.7 Å². The average Bonchev–Trinajstić information content (AvgIpc) is 2.42. The van der Waals surface area contributed by atoms with E-state index in [1.165, 1.54) is 12.1 Å². The zero-order valence-electron chi connectivity index (χ0n) is 10.7. The Morgan fingerprint density at radius 2 is 1.85 bits per heavy atom. The van der Waals surface area contributed by atoms with E-state index in [2.05, 4.69) is 21.2 Å². The van der Waals surface area contributed by atoms with Crippen LogP contribution in [0.25, 0.3) is 0 Å². The number of alkyl halides is 1. The second-order valence-corrected chi connectivity index (χ2v) is 5.63. The first kappa shape index (κ1) is 14.7. The number of halogens is 3. The molecule has 5 heteroatoms. The van der Waals surface area contributed by atoms with Crippen LogP contribution in [0.4, 0.5) is 14.5 Å². The van der Waals surface area contributed by atoms with Crippen LogP contribution in [0.2, 0.25) is 0 Å². The van der Waals surface area contributed by atoms with Gasteiger partial charge in [-0.15, -0.1) is 0 Å². The van der Waals surface area contributed by atoms with Crippen LogP contribution >= 0.6 is 15.9 Å². The minimum absolute atomic E-state index is 0.0244. The molecule has 0 aliphatic heterocycles. The van der Waals surface area contributed by atoms with Crippen molar-refractivity contribution in [2.45, 2.75) is 11.8 Å². The van der Waals surface area contributed by atoms with Gasteiger partial charge < -0.3 is 5.32 Å². The van der Waals surface area contributed by atoms with Crippen LogP contribution in [0.15, 0.2) is 42.5 Å². The normalized spacial score (nSPS) is 12.0. The quantitative estimate of drug-likeness (QED) is 0.808. The van der Waals surface area contributed by atoms with Crippen molar-refractivity contribution in [1.29, 1.82) is 0 Å². The molecule has 104 valence electrons. The number of rotatable bonds is 3. The first-order valence-electron chi connectivity index (χ1n) is 5.99. The highest BCUT2D eigenvalue weighted by atomic mass is 79.9. The Kier molecular flexibility index (Phi) is 4.49. The highest BCUT2D eigenvalue weighted by molar-refractivity contribution is 9.09. The summed E-state index contributed by atoms with van der Waals surface area (Å²) < 4.78 is 26.7. The Balaban J connectivity index is 2.31. The Morgan fingerprint density at radius 3 is 2.55 bits per heavy atom. The number of hydrogen-bond acceptors (Lipinski definition) is 1. The van der Waals surface area contributed by atoms with E-state index in [9.17, 15) is 13.6 Å². The number of amides is 1. The minimum atomic E-state index is -1.14. The molecule has 0 saturated heterocycles. The van der Waals surface area contributed by atoms with Gasteiger partial charge in [-0.2, -0.15) is 0 Å². The molecule has 0 aromatic heterocycles. The first-order chi connectivity index (χ1) is 9.50. The van der Waals surface area contributed by atoms with Gasteiger partial charge >= 0.3 is 0 Å². The van der Waals surface area contributed by atoms with Crippen molar-refractivity contribution in [2.75, 3.05) is 5.32 Å².